The summed E-state index contributed by atoms with van der Waals surface area (Å²) in [5, 5.41) is 18.5. The molecule has 1 aromatic rings. The molecule has 16 heavy (non-hydrogen) atoms. The van der Waals surface area contributed by atoms with Crippen LogP contribution in [0.2, 0.25) is 12.6 Å². The Kier molecular flexibility index (Phi) is 4.40. The molecule has 92 valence electrons. The Morgan fingerprint density at radius 2 is 1.94 bits per heavy atom. The van der Waals surface area contributed by atoms with Gasteiger partial charge in [0.25, 0.3) is 0 Å². The van der Waals surface area contributed by atoms with Crippen molar-refractivity contribution in [1.29, 1.82) is 0 Å². The fraction of sp³-hybridized carbons (Fsp3) is 0.600. The Bertz CT molecular complexity index is 336. The summed E-state index contributed by atoms with van der Waals surface area (Å²) in [4.78, 5) is 2.44. The van der Waals surface area contributed by atoms with E-state index in [0.29, 0.717) is 6.42 Å². The summed E-state index contributed by atoms with van der Waals surface area (Å²) < 4.78 is 10.7. The molecule has 5 nitrogen and oxygen atoms in total. The molecule has 1 heterocycles. The molecule has 0 saturated carbocycles. The molecule has 1 rings (SSSR count). The van der Waals surface area contributed by atoms with Gasteiger partial charge >= 0.3 is 8.56 Å². The molecule has 0 aliphatic carbocycles. The fourth-order valence-electron chi connectivity index (χ4n) is 1.55. The van der Waals surface area contributed by atoms with Crippen LogP contribution in [0.4, 0.5) is 0 Å². The van der Waals surface area contributed by atoms with E-state index in [1.54, 1.807) is 14.2 Å². The molecule has 0 bridgehead atoms. The minimum absolute atomic E-state index is 0.00834. The molecular formula is C10H19NO4Si. The second-order valence-electron chi connectivity index (χ2n) is 3.92. The molecule has 0 atom stereocenters. The normalized spacial score (nSPS) is 11.9. The SMILES string of the molecule is CO[Si](C)(CCCc1cc(O)[nH]c1O)OC. The van der Waals surface area contributed by atoms with Gasteiger partial charge < -0.3 is 19.1 Å². The van der Waals surface area contributed by atoms with Gasteiger partial charge in [0.2, 0.25) is 0 Å². The van der Waals surface area contributed by atoms with Crippen LogP contribution in [0.5, 0.6) is 11.8 Å². The first kappa shape index (κ1) is 13.1. The van der Waals surface area contributed by atoms with Crippen LogP contribution in [0, 0.1) is 0 Å². The second kappa shape index (κ2) is 5.38. The molecule has 0 unspecified atom stereocenters. The van der Waals surface area contributed by atoms with Gasteiger partial charge in [-0.25, -0.2) is 0 Å². The maximum Gasteiger partial charge on any atom is 0.334 e. The van der Waals surface area contributed by atoms with Crippen molar-refractivity contribution >= 4 is 8.56 Å². The molecule has 1 aromatic heterocycles. The van der Waals surface area contributed by atoms with Crippen molar-refractivity contribution in [3.8, 4) is 11.8 Å². The number of hydrogen-bond acceptors (Lipinski definition) is 4. The Morgan fingerprint density at radius 1 is 1.31 bits per heavy atom. The quantitative estimate of drug-likeness (QED) is 0.667. The highest BCUT2D eigenvalue weighted by Gasteiger charge is 2.27. The van der Waals surface area contributed by atoms with Crippen molar-refractivity contribution in [2.75, 3.05) is 14.2 Å². The van der Waals surface area contributed by atoms with Crippen LogP contribution in [-0.4, -0.2) is 38.0 Å². The summed E-state index contributed by atoms with van der Waals surface area (Å²) >= 11 is 0. The molecule has 0 radical (unpaired) electrons. The minimum Gasteiger partial charge on any atom is -0.495 e. The van der Waals surface area contributed by atoms with Crippen LogP contribution in [0.25, 0.3) is 0 Å². The Morgan fingerprint density at radius 3 is 2.38 bits per heavy atom. The van der Waals surface area contributed by atoms with Gasteiger partial charge in [0.05, 0.1) is 0 Å². The third-order valence-corrected chi connectivity index (χ3v) is 5.79. The lowest BCUT2D eigenvalue weighted by atomic mass is 10.2. The number of nitrogens with one attached hydrogen (secondary N) is 1. The van der Waals surface area contributed by atoms with Gasteiger partial charge in [0, 0.05) is 25.8 Å². The van der Waals surface area contributed by atoms with Crippen LogP contribution >= 0.6 is 0 Å². The number of aryl methyl sites for hydroxylation is 1. The van der Waals surface area contributed by atoms with E-state index in [-0.39, 0.29) is 11.8 Å². The maximum absolute atomic E-state index is 9.41. The van der Waals surface area contributed by atoms with E-state index in [2.05, 4.69) is 4.98 Å². The molecule has 6 heteroatoms. The molecular weight excluding hydrogens is 226 g/mol. The van der Waals surface area contributed by atoms with E-state index < -0.39 is 8.56 Å². The predicted molar refractivity (Wildman–Crippen MR) is 62.9 cm³/mol. The number of hydrogen-bond donors (Lipinski definition) is 3. The first-order valence-electron chi connectivity index (χ1n) is 5.21. The smallest absolute Gasteiger partial charge is 0.334 e. The van der Waals surface area contributed by atoms with Gasteiger partial charge in [-0.15, -0.1) is 0 Å². The standard InChI is InChI=1S/C10H19NO4Si/c1-14-16(3,15-2)6-4-5-8-7-9(12)11-10(8)13/h7,11-13H,4-6H2,1-3H3. The molecule has 0 aromatic carbocycles. The lowest BCUT2D eigenvalue weighted by Crippen LogP contribution is -2.35. The molecule has 0 spiro atoms. The van der Waals surface area contributed by atoms with Crippen LogP contribution in [0.3, 0.4) is 0 Å². The van der Waals surface area contributed by atoms with E-state index >= 15 is 0 Å². The summed E-state index contributed by atoms with van der Waals surface area (Å²) in [6, 6.07) is 2.39. The summed E-state index contributed by atoms with van der Waals surface area (Å²) in [5.74, 6) is 0.0293. The number of rotatable bonds is 6. The Hall–Kier alpha value is -0.983. The zero-order valence-electron chi connectivity index (χ0n) is 9.91. The lowest BCUT2D eigenvalue weighted by molar-refractivity contribution is 0.248. The van der Waals surface area contributed by atoms with E-state index in [1.165, 1.54) is 6.07 Å². The van der Waals surface area contributed by atoms with Crippen LogP contribution < -0.4 is 0 Å². The number of H-pyrrole nitrogens is 1. The summed E-state index contributed by atoms with van der Waals surface area (Å²) in [6.07, 6.45) is 1.55. The monoisotopic (exact) mass is 245 g/mol. The Balaban J connectivity index is 2.44. The highest BCUT2D eigenvalue weighted by Crippen LogP contribution is 2.24. The fourth-order valence-corrected chi connectivity index (χ4v) is 2.94. The molecule has 0 amide bonds. The molecule has 0 aliphatic rings. The summed E-state index contributed by atoms with van der Waals surface area (Å²) in [6.45, 7) is 2.00. The van der Waals surface area contributed by atoms with Crippen molar-refractivity contribution in [3.63, 3.8) is 0 Å². The average Bonchev–Trinajstić information content (AvgIpc) is 2.57. The number of aromatic nitrogens is 1. The first-order valence-corrected chi connectivity index (χ1v) is 7.73. The van der Waals surface area contributed by atoms with E-state index in [0.717, 1.165) is 18.0 Å². The zero-order chi connectivity index (χ0) is 12.2. The van der Waals surface area contributed by atoms with Crippen molar-refractivity contribution < 1.29 is 19.1 Å². The summed E-state index contributed by atoms with van der Waals surface area (Å²) in [5.41, 5.74) is 0.723. The molecule has 0 saturated heterocycles. The van der Waals surface area contributed by atoms with E-state index in [9.17, 15) is 5.11 Å². The van der Waals surface area contributed by atoms with Crippen LogP contribution in [-0.2, 0) is 15.3 Å². The highest BCUT2D eigenvalue weighted by molar-refractivity contribution is 6.65. The van der Waals surface area contributed by atoms with Gasteiger partial charge in [-0.2, -0.15) is 0 Å². The van der Waals surface area contributed by atoms with Gasteiger partial charge in [-0.3, -0.25) is 4.98 Å². The minimum atomic E-state index is -2.02. The van der Waals surface area contributed by atoms with Gasteiger partial charge in [0.1, 0.15) is 0 Å². The Labute approximate surface area is 96.3 Å². The number of aromatic hydroxyl groups is 2. The van der Waals surface area contributed by atoms with Crippen molar-refractivity contribution in [3.05, 3.63) is 11.6 Å². The largest absolute Gasteiger partial charge is 0.495 e. The maximum atomic E-state index is 9.41. The van der Waals surface area contributed by atoms with Crippen molar-refractivity contribution in [1.82, 2.24) is 4.98 Å². The second-order valence-corrected chi connectivity index (χ2v) is 7.51. The third-order valence-electron chi connectivity index (χ3n) is 2.80. The molecule has 0 aliphatic heterocycles. The van der Waals surface area contributed by atoms with Crippen LogP contribution in [0.1, 0.15) is 12.0 Å². The van der Waals surface area contributed by atoms with Crippen molar-refractivity contribution in [2.24, 2.45) is 0 Å². The zero-order valence-corrected chi connectivity index (χ0v) is 10.9. The first-order chi connectivity index (χ1) is 7.50. The average molecular weight is 245 g/mol. The van der Waals surface area contributed by atoms with Crippen LogP contribution in [0.15, 0.2) is 6.07 Å². The molecule has 3 N–H and O–H groups in total. The highest BCUT2D eigenvalue weighted by atomic mass is 28.4. The third kappa shape index (κ3) is 3.26. The topological polar surface area (TPSA) is 74.7 Å². The van der Waals surface area contributed by atoms with Gasteiger partial charge in [-0.1, -0.05) is 0 Å². The van der Waals surface area contributed by atoms with E-state index in [4.69, 9.17) is 14.0 Å². The van der Waals surface area contributed by atoms with E-state index in [1.807, 2.05) is 6.55 Å². The molecule has 0 fully saturated rings. The summed E-state index contributed by atoms with van der Waals surface area (Å²) in [7, 11) is 1.31. The van der Waals surface area contributed by atoms with Gasteiger partial charge in [-0.05, 0) is 25.4 Å². The number of aromatic amines is 1. The van der Waals surface area contributed by atoms with Gasteiger partial charge in [0.15, 0.2) is 11.8 Å². The lowest BCUT2D eigenvalue weighted by Gasteiger charge is -2.22. The predicted octanol–water partition coefficient (Wildman–Crippen LogP) is 1.72. The van der Waals surface area contributed by atoms with Crippen molar-refractivity contribution in [2.45, 2.75) is 25.4 Å².